The molecule has 122 valence electrons. The summed E-state index contributed by atoms with van der Waals surface area (Å²) in [5.74, 6) is -0.0109. The standard InChI is InChI=1S/C18H20Cl2N2O/c1-13(15-5-9-17(20)10-6-15)22(2)12-18(23)21-11-14-3-7-16(19)8-4-14/h3-10,13H,11-12H2,1-2H3,(H,21,23). The van der Waals surface area contributed by atoms with Crippen LogP contribution in [0, 0.1) is 0 Å². The van der Waals surface area contributed by atoms with Crippen molar-refractivity contribution in [1.82, 2.24) is 10.2 Å². The predicted molar refractivity (Wildman–Crippen MR) is 95.8 cm³/mol. The van der Waals surface area contributed by atoms with Gasteiger partial charge in [0, 0.05) is 22.6 Å². The van der Waals surface area contributed by atoms with E-state index in [2.05, 4.69) is 12.2 Å². The smallest absolute Gasteiger partial charge is 0.234 e. The van der Waals surface area contributed by atoms with Crippen LogP contribution in [0.4, 0.5) is 0 Å². The Kier molecular flexibility index (Phi) is 6.46. The number of likely N-dealkylation sites (N-methyl/N-ethyl adjacent to an activating group) is 1. The molecule has 2 aromatic rings. The van der Waals surface area contributed by atoms with E-state index in [0.717, 1.165) is 11.1 Å². The van der Waals surface area contributed by atoms with E-state index < -0.39 is 0 Å². The lowest BCUT2D eigenvalue weighted by Crippen LogP contribution is -2.36. The molecule has 2 rings (SSSR count). The molecule has 0 spiro atoms. The van der Waals surface area contributed by atoms with Gasteiger partial charge in [0.2, 0.25) is 5.91 Å². The molecule has 0 saturated carbocycles. The van der Waals surface area contributed by atoms with Crippen LogP contribution in [0.3, 0.4) is 0 Å². The van der Waals surface area contributed by atoms with Gasteiger partial charge >= 0.3 is 0 Å². The summed E-state index contributed by atoms with van der Waals surface area (Å²) in [5.41, 5.74) is 2.15. The molecule has 23 heavy (non-hydrogen) atoms. The lowest BCUT2D eigenvalue weighted by atomic mass is 10.1. The zero-order chi connectivity index (χ0) is 16.8. The summed E-state index contributed by atoms with van der Waals surface area (Å²) in [7, 11) is 1.93. The highest BCUT2D eigenvalue weighted by molar-refractivity contribution is 6.30. The third kappa shape index (κ3) is 5.54. The van der Waals surface area contributed by atoms with Gasteiger partial charge in [0.25, 0.3) is 0 Å². The van der Waals surface area contributed by atoms with Gasteiger partial charge in [-0.2, -0.15) is 0 Å². The molecule has 0 radical (unpaired) electrons. The maximum Gasteiger partial charge on any atom is 0.234 e. The molecular formula is C18H20Cl2N2O. The Labute approximate surface area is 147 Å². The van der Waals surface area contributed by atoms with Gasteiger partial charge in [0.05, 0.1) is 6.54 Å². The Morgan fingerprint density at radius 1 is 1.04 bits per heavy atom. The molecule has 5 heteroatoms. The topological polar surface area (TPSA) is 32.3 Å². The molecule has 0 bridgehead atoms. The van der Waals surface area contributed by atoms with Crippen LogP contribution in [-0.4, -0.2) is 24.4 Å². The monoisotopic (exact) mass is 350 g/mol. The van der Waals surface area contributed by atoms with E-state index in [9.17, 15) is 4.79 Å². The largest absolute Gasteiger partial charge is 0.351 e. The normalized spacial score (nSPS) is 12.2. The number of nitrogens with zero attached hydrogens (tertiary/aromatic N) is 1. The van der Waals surface area contributed by atoms with Gasteiger partial charge < -0.3 is 5.32 Å². The van der Waals surface area contributed by atoms with Crippen molar-refractivity contribution in [3.8, 4) is 0 Å². The highest BCUT2D eigenvalue weighted by atomic mass is 35.5. The minimum absolute atomic E-state index is 0.0109. The first-order valence-electron chi connectivity index (χ1n) is 7.42. The van der Waals surface area contributed by atoms with E-state index in [1.807, 2.05) is 60.5 Å². The predicted octanol–water partition coefficient (Wildman–Crippen LogP) is 4.30. The number of rotatable bonds is 6. The number of carbonyl (C=O) groups excluding carboxylic acids is 1. The minimum atomic E-state index is -0.0109. The highest BCUT2D eigenvalue weighted by Gasteiger charge is 2.14. The first kappa shape index (κ1) is 17.8. The number of hydrogen-bond donors (Lipinski definition) is 1. The lowest BCUT2D eigenvalue weighted by molar-refractivity contribution is -0.122. The third-order valence-electron chi connectivity index (χ3n) is 3.81. The van der Waals surface area contributed by atoms with Crippen molar-refractivity contribution >= 4 is 29.1 Å². The Morgan fingerprint density at radius 3 is 2.13 bits per heavy atom. The van der Waals surface area contributed by atoms with Crippen LogP contribution in [0.2, 0.25) is 10.0 Å². The molecule has 2 aromatic carbocycles. The van der Waals surface area contributed by atoms with Gasteiger partial charge in [-0.15, -0.1) is 0 Å². The zero-order valence-electron chi connectivity index (χ0n) is 13.2. The summed E-state index contributed by atoms with van der Waals surface area (Å²) in [6.07, 6.45) is 0. The van der Waals surface area contributed by atoms with E-state index in [1.165, 1.54) is 0 Å². The molecule has 1 amide bonds. The highest BCUT2D eigenvalue weighted by Crippen LogP contribution is 2.20. The number of amides is 1. The van der Waals surface area contributed by atoms with Gasteiger partial charge in [-0.25, -0.2) is 0 Å². The van der Waals surface area contributed by atoms with Gasteiger partial charge in [0.15, 0.2) is 0 Å². The molecule has 0 aromatic heterocycles. The summed E-state index contributed by atoms with van der Waals surface area (Å²) in [6.45, 7) is 2.90. The summed E-state index contributed by atoms with van der Waals surface area (Å²) in [5, 5.41) is 4.32. The van der Waals surface area contributed by atoms with Crippen molar-refractivity contribution in [2.24, 2.45) is 0 Å². The number of benzene rings is 2. The van der Waals surface area contributed by atoms with Gasteiger partial charge in [-0.1, -0.05) is 47.5 Å². The van der Waals surface area contributed by atoms with Crippen LogP contribution in [0.1, 0.15) is 24.1 Å². The van der Waals surface area contributed by atoms with Crippen molar-refractivity contribution in [3.05, 3.63) is 69.7 Å². The fourth-order valence-corrected chi connectivity index (χ4v) is 2.47. The van der Waals surface area contributed by atoms with Gasteiger partial charge in [0.1, 0.15) is 0 Å². The average molecular weight is 351 g/mol. The molecule has 0 aliphatic rings. The van der Waals surface area contributed by atoms with Crippen molar-refractivity contribution in [2.45, 2.75) is 19.5 Å². The first-order chi connectivity index (χ1) is 11.0. The van der Waals surface area contributed by atoms with E-state index >= 15 is 0 Å². The molecule has 0 aliphatic heterocycles. The summed E-state index contributed by atoms with van der Waals surface area (Å²) < 4.78 is 0. The zero-order valence-corrected chi connectivity index (χ0v) is 14.7. The van der Waals surface area contributed by atoms with Crippen LogP contribution in [-0.2, 0) is 11.3 Å². The number of carbonyl (C=O) groups is 1. The number of hydrogen-bond acceptors (Lipinski definition) is 2. The van der Waals surface area contributed by atoms with Crippen molar-refractivity contribution < 1.29 is 4.79 Å². The van der Waals surface area contributed by atoms with E-state index in [0.29, 0.717) is 23.1 Å². The Morgan fingerprint density at radius 2 is 1.57 bits per heavy atom. The Hall–Kier alpha value is -1.55. The second-order valence-corrected chi connectivity index (χ2v) is 6.42. The third-order valence-corrected chi connectivity index (χ3v) is 4.31. The Balaban J connectivity index is 1.84. The average Bonchev–Trinajstić information content (AvgIpc) is 2.54. The van der Waals surface area contributed by atoms with Crippen LogP contribution in [0.15, 0.2) is 48.5 Å². The number of nitrogens with one attached hydrogen (secondary N) is 1. The molecule has 1 N–H and O–H groups in total. The first-order valence-corrected chi connectivity index (χ1v) is 8.18. The second-order valence-electron chi connectivity index (χ2n) is 5.55. The quantitative estimate of drug-likeness (QED) is 0.842. The summed E-state index contributed by atoms with van der Waals surface area (Å²) in [6, 6.07) is 15.3. The molecule has 0 fully saturated rings. The van der Waals surface area contributed by atoms with Crippen LogP contribution < -0.4 is 5.32 Å². The molecule has 0 aliphatic carbocycles. The minimum Gasteiger partial charge on any atom is -0.351 e. The van der Waals surface area contributed by atoms with Gasteiger partial charge in [-0.05, 0) is 49.4 Å². The van der Waals surface area contributed by atoms with E-state index in [4.69, 9.17) is 23.2 Å². The molecule has 0 heterocycles. The molecule has 0 saturated heterocycles. The van der Waals surface area contributed by atoms with Crippen molar-refractivity contribution in [1.29, 1.82) is 0 Å². The number of halogens is 2. The van der Waals surface area contributed by atoms with E-state index in [-0.39, 0.29) is 11.9 Å². The SMILES string of the molecule is CC(c1ccc(Cl)cc1)N(C)CC(=O)NCc1ccc(Cl)cc1. The summed E-state index contributed by atoms with van der Waals surface area (Å²) >= 11 is 11.7. The van der Waals surface area contributed by atoms with Gasteiger partial charge in [-0.3, -0.25) is 9.69 Å². The molecule has 3 nitrogen and oxygen atoms in total. The molecular weight excluding hydrogens is 331 g/mol. The van der Waals surface area contributed by atoms with Crippen molar-refractivity contribution in [3.63, 3.8) is 0 Å². The Bertz CT molecular complexity index is 641. The fourth-order valence-electron chi connectivity index (χ4n) is 2.22. The lowest BCUT2D eigenvalue weighted by Gasteiger charge is -2.24. The van der Waals surface area contributed by atoms with Crippen LogP contribution >= 0.6 is 23.2 Å². The molecule has 1 unspecified atom stereocenters. The second kappa shape index (κ2) is 8.34. The van der Waals surface area contributed by atoms with Crippen molar-refractivity contribution in [2.75, 3.05) is 13.6 Å². The van der Waals surface area contributed by atoms with Crippen LogP contribution in [0.5, 0.6) is 0 Å². The maximum absolute atomic E-state index is 12.1. The fraction of sp³-hybridized carbons (Fsp3) is 0.278. The molecule has 1 atom stereocenters. The van der Waals surface area contributed by atoms with E-state index in [1.54, 1.807) is 0 Å². The summed E-state index contributed by atoms with van der Waals surface area (Å²) in [4.78, 5) is 14.1. The maximum atomic E-state index is 12.1. The van der Waals surface area contributed by atoms with Crippen LogP contribution in [0.25, 0.3) is 0 Å².